The largest absolute Gasteiger partial charge is 0.508 e. The number of rotatable bonds is 4. The van der Waals surface area contributed by atoms with Gasteiger partial charge in [-0.25, -0.2) is 0 Å². The predicted molar refractivity (Wildman–Crippen MR) is 84.6 cm³/mol. The van der Waals surface area contributed by atoms with Gasteiger partial charge in [0.2, 0.25) is 5.75 Å². The Morgan fingerprint density at radius 2 is 1.87 bits per heavy atom. The fraction of sp³-hybridized carbons (Fsp3) is 0.118. The lowest BCUT2D eigenvalue weighted by atomic mass is 10.0. The number of nitrogens with one attached hydrogen (secondary N) is 1. The number of phenolic OH excluding ortho intramolecular Hbond substituents is 2. The number of carbonyl (C=O) groups excluding carboxylic acids is 1. The normalized spacial score (nSPS) is 10.7. The Labute approximate surface area is 131 Å². The molecule has 23 heavy (non-hydrogen) atoms. The van der Waals surface area contributed by atoms with Crippen molar-refractivity contribution < 1.29 is 24.5 Å². The third-order valence-corrected chi connectivity index (χ3v) is 3.63. The van der Waals surface area contributed by atoms with Crippen LogP contribution in [0.15, 0.2) is 36.5 Å². The zero-order chi connectivity index (χ0) is 16.6. The van der Waals surface area contributed by atoms with Gasteiger partial charge in [-0.1, -0.05) is 0 Å². The number of ketones is 1. The molecule has 2 aromatic carbocycles. The average Bonchev–Trinajstić information content (AvgIpc) is 2.96. The number of methoxy groups -OCH3 is 2. The van der Waals surface area contributed by atoms with Crippen LogP contribution in [0.4, 0.5) is 0 Å². The number of aromatic amines is 1. The number of ether oxygens (including phenoxy) is 2. The lowest BCUT2D eigenvalue weighted by molar-refractivity contribution is 0.103. The standard InChI is InChI=1S/C17H15NO5/c1-22-15-6-9(5-14(20)17(15)23-2)16(21)12-8-18-13-7-10(19)3-4-11(12)13/h3-8,18-20H,1-2H3. The van der Waals surface area contributed by atoms with Crippen molar-refractivity contribution in [1.29, 1.82) is 0 Å². The first kappa shape index (κ1) is 14.8. The van der Waals surface area contributed by atoms with E-state index in [0.717, 1.165) is 0 Å². The van der Waals surface area contributed by atoms with Gasteiger partial charge in [-0.15, -0.1) is 0 Å². The first-order chi connectivity index (χ1) is 11.0. The minimum atomic E-state index is -0.279. The van der Waals surface area contributed by atoms with Crippen LogP contribution in [0, 0.1) is 0 Å². The van der Waals surface area contributed by atoms with Gasteiger partial charge in [0.15, 0.2) is 17.3 Å². The number of fused-ring (bicyclic) bond motifs is 1. The van der Waals surface area contributed by atoms with Crippen LogP contribution in [-0.2, 0) is 0 Å². The van der Waals surface area contributed by atoms with E-state index < -0.39 is 0 Å². The number of H-pyrrole nitrogens is 1. The van der Waals surface area contributed by atoms with Crippen LogP contribution in [0.25, 0.3) is 10.9 Å². The summed E-state index contributed by atoms with van der Waals surface area (Å²) in [7, 11) is 2.84. The summed E-state index contributed by atoms with van der Waals surface area (Å²) in [5, 5.41) is 20.2. The van der Waals surface area contributed by atoms with Crippen LogP contribution >= 0.6 is 0 Å². The van der Waals surface area contributed by atoms with Gasteiger partial charge in [-0.2, -0.15) is 0 Å². The highest BCUT2D eigenvalue weighted by Gasteiger charge is 2.19. The highest BCUT2D eigenvalue weighted by molar-refractivity contribution is 6.16. The molecule has 0 fully saturated rings. The number of phenols is 2. The van der Waals surface area contributed by atoms with E-state index >= 15 is 0 Å². The predicted octanol–water partition coefficient (Wildman–Crippen LogP) is 2.83. The lowest BCUT2D eigenvalue weighted by Gasteiger charge is -2.11. The fourth-order valence-electron chi connectivity index (χ4n) is 2.53. The molecule has 0 amide bonds. The van der Waals surface area contributed by atoms with Gasteiger partial charge in [0.05, 0.1) is 14.2 Å². The first-order valence-electron chi connectivity index (χ1n) is 6.85. The summed E-state index contributed by atoms with van der Waals surface area (Å²) in [4.78, 5) is 15.7. The molecule has 0 radical (unpaired) electrons. The summed E-state index contributed by atoms with van der Waals surface area (Å²) >= 11 is 0. The molecule has 0 bridgehead atoms. The van der Waals surface area contributed by atoms with Crippen LogP contribution in [0.2, 0.25) is 0 Å². The summed E-state index contributed by atoms with van der Waals surface area (Å²) in [6, 6.07) is 7.56. The van der Waals surface area contributed by atoms with E-state index in [1.165, 1.54) is 38.5 Å². The molecule has 0 aliphatic carbocycles. The second-order valence-corrected chi connectivity index (χ2v) is 4.99. The number of benzene rings is 2. The summed E-state index contributed by atoms with van der Waals surface area (Å²) in [5.74, 6) is 0.106. The third kappa shape index (κ3) is 2.44. The van der Waals surface area contributed by atoms with Crippen LogP contribution < -0.4 is 9.47 Å². The topological polar surface area (TPSA) is 91.8 Å². The first-order valence-corrected chi connectivity index (χ1v) is 6.85. The molecule has 0 saturated heterocycles. The molecule has 3 aromatic rings. The lowest BCUT2D eigenvalue weighted by Crippen LogP contribution is -2.02. The van der Waals surface area contributed by atoms with Crippen molar-refractivity contribution in [3.8, 4) is 23.0 Å². The van der Waals surface area contributed by atoms with Crippen molar-refractivity contribution >= 4 is 16.7 Å². The van der Waals surface area contributed by atoms with Crippen molar-refractivity contribution in [1.82, 2.24) is 4.98 Å². The van der Waals surface area contributed by atoms with Crippen molar-refractivity contribution in [3.05, 3.63) is 47.7 Å². The minimum absolute atomic E-state index is 0.113. The highest BCUT2D eigenvalue weighted by atomic mass is 16.5. The van der Waals surface area contributed by atoms with Crippen LogP contribution in [0.5, 0.6) is 23.0 Å². The Morgan fingerprint density at radius 3 is 2.57 bits per heavy atom. The maximum absolute atomic E-state index is 12.7. The monoisotopic (exact) mass is 313 g/mol. The molecule has 6 heteroatoms. The van der Waals surface area contributed by atoms with E-state index in [4.69, 9.17) is 9.47 Å². The summed E-state index contributed by atoms with van der Waals surface area (Å²) in [6.45, 7) is 0. The average molecular weight is 313 g/mol. The van der Waals surface area contributed by atoms with Gasteiger partial charge in [0.25, 0.3) is 0 Å². The molecule has 6 nitrogen and oxygen atoms in total. The molecular weight excluding hydrogens is 298 g/mol. The Hall–Kier alpha value is -3.15. The van der Waals surface area contributed by atoms with Crippen LogP contribution in [-0.4, -0.2) is 35.2 Å². The highest BCUT2D eigenvalue weighted by Crippen LogP contribution is 2.38. The number of hydrogen-bond acceptors (Lipinski definition) is 5. The maximum Gasteiger partial charge on any atom is 0.203 e. The molecular formula is C17H15NO5. The minimum Gasteiger partial charge on any atom is -0.508 e. The van der Waals surface area contributed by atoms with Gasteiger partial charge in [-0.05, 0) is 24.3 Å². The molecule has 0 aliphatic heterocycles. The Bertz CT molecular complexity index is 897. The Balaban J connectivity index is 2.10. The molecule has 0 aliphatic rings. The van der Waals surface area contributed by atoms with E-state index in [2.05, 4.69) is 4.98 Å². The summed E-state index contributed by atoms with van der Waals surface area (Å²) < 4.78 is 10.2. The second kappa shape index (κ2) is 5.57. The van der Waals surface area contributed by atoms with E-state index in [0.29, 0.717) is 16.5 Å². The molecule has 3 N–H and O–H groups in total. The van der Waals surface area contributed by atoms with Crippen molar-refractivity contribution in [2.45, 2.75) is 0 Å². The number of aromatic nitrogens is 1. The zero-order valence-electron chi connectivity index (χ0n) is 12.6. The molecule has 0 atom stereocenters. The molecule has 0 saturated carbocycles. The van der Waals surface area contributed by atoms with Gasteiger partial charge in [0.1, 0.15) is 5.75 Å². The van der Waals surface area contributed by atoms with E-state index in [9.17, 15) is 15.0 Å². The quantitative estimate of drug-likeness (QED) is 0.644. The van der Waals surface area contributed by atoms with Gasteiger partial charge >= 0.3 is 0 Å². The number of carbonyl (C=O) groups is 1. The smallest absolute Gasteiger partial charge is 0.203 e. The number of aromatic hydroxyl groups is 2. The van der Waals surface area contributed by atoms with Gasteiger partial charge in [-0.3, -0.25) is 4.79 Å². The van der Waals surface area contributed by atoms with Gasteiger partial charge in [0, 0.05) is 34.3 Å². The zero-order valence-corrected chi connectivity index (χ0v) is 12.6. The van der Waals surface area contributed by atoms with Gasteiger partial charge < -0.3 is 24.7 Å². The van der Waals surface area contributed by atoms with Crippen molar-refractivity contribution in [3.63, 3.8) is 0 Å². The number of hydrogen-bond donors (Lipinski definition) is 3. The molecule has 0 unspecified atom stereocenters. The van der Waals surface area contributed by atoms with E-state index in [1.54, 1.807) is 12.3 Å². The second-order valence-electron chi connectivity index (χ2n) is 4.99. The Morgan fingerprint density at radius 1 is 1.09 bits per heavy atom. The van der Waals surface area contributed by atoms with E-state index in [-0.39, 0.29) is 34.3 Å². The SMILES string of the molecule is COc1cc(C(=O)c2c[nH]c3cc(O)ccc23)cc(O)c1OC. The van der Waals surface area contributed by atoms with Crippen molar-refractivity contribution in [2.24, 2.45) is 0 Å². The summed E-state index contributed by atoms with van der Waals surface area (Å²) in [6.07, 6.45) is 1.57. The van der Waals surface area contributed by atoms with Crippen molar-refractivity contribution in [2.75, 3.05) is 14.2 Å². The van der Waals surface area contributed by atoms with Crippen LogP contribution in [0.1, 0.15) is 15.9 Å². The maximum atomic E-state index is 12.7. The third-order valence-electron chi connectivity index (χ3n) is 3.63. The molecule has 1 heterocycles. The molecule has 118 valence electrons. The fourth-order valence-corrected chi connectivity index (χ4v) is 2.53. The molecule has 1 aromatic heterocycles. The van der Waals surface area contributed by atoms with Crippen LogP contribution in [0.3, 0.4) is 0 Å². The van der Waals surface area contributed by atoms with E-state index in [1.807, 2.05) is 0 Å². The Kier molecular flexibility index (Phi) is 3.57. The molecule has 3 rings (SSSR count). The molecule has 0 spiro atoms. The summed E-state index contributed by atoms with van der Waals surface area (Å²) in [5.41, 5.74) is 1.36.